The van der Waals surface area contributed by atoms with Gasteiger partial charge in [-0.2, -0.15) is 0 Å². The van der Waals surface area contributed by atoms with Gasteiger partial charge in [-0.3, -0.25) is 47.9 Å². The molecule has 15 N–H and O–H groups in total. The molecule has 0 heterocycles. The van der Waals surface area contributed by atoms with Gasteiger partial charge in [0.25, 0.3) is 0 Å². The molecule has 0 radical (unpaired) electrons. The standard InChI is InChI=1S/C67H127N11O21/c1-55(22-16-19-27-71-59(80)25-14-12-10-8-6-4-2-3-5-7-9-11-13-15-26-64(85)86)65(87)76-28-20-17-23-56(68)66(88)77-29-21-18-24-57(69)67(89)78-34-39-94-44-49-99-54-63(84)75-33-38-93-43-48-98-53-62(83)74-32-37-92-42-47-97-52-61(82)73-31-36-91-41-46-96-51-60(81)72-30-35-90-40-45-95-50-58(70)79/h55-57H,2-54,68-69H2,1H3,(H2,70,79)(H,71,80)(H,72,81)(H,73,82)(H,74,83)(H,75,84)(H,76,87)(H,77,88)(H,78,89)(H,85,86). The first-order valence-corrected chi connectivity index (χ1v) is 36.0. The molecular formula is C67H127N11O21. The summed E-state index contributed by atoms with van der Waals surface area (Å²) in [5, 5.41) is 30.9. The second-order valence-electron chi connectivity index (χ2n) is 23.9. The summed E-state index contributed by atoms with van der Waals surface area (Å²) < 4.78 is 53.0. The van der Waals surface area contributed by atoms with Gasteiger partial charge in [0.2, 0.25) is 53.2 Å². The van der Waals surface area contributed by atoms with E-state index >= 15 is 0 Å². The second-order valence-corrected chi connectivity index (χ2v) is 23.9. The Morgan fingerprint density at radius 3 is 0.889 bits per heavy atom. The molecule has 0 rings (SSSR count). The fourth-order valence-corrected chi connectivity index (χ4v) is 9.24. The summed E-state index contributed by atoms with van der Waals surface area (Å²) in [4.78, 5) is 119. The lowest BCUT2D eigenvalue weighted by molar-refractivity contribution is -0.137. The number of carbonyl (C=O) groups excluding carboxylic acids is 9. The molecule has 0 aliphatic carbocycles. The normalized spacial score (nSPS) is 12.1. The number of carboxylic acids is 1. The molecule has 3 unspecified atom stereocenters. The first-order chi connectivity index (χ1) is 48.0. The van der Waals surface area contributed by atoms with Crippen molar-refractivity contribution < 1.29 is 100 Å². The van der Waals surface area contributed by atoms with Crippen LogP contribution in [-0.4, -0.2) is 261 Å². The molecule has 0 aliphatic heterocycles. The highest BCUT2D eigenvalue weighted by atomic mass is 16.5. The Kier molecular flexibility index (Phi) is 66.5. The molecule has 0 aliphatic rings. The Morgan fingerprint density at radius 2 is 0.545 bits per heavy atom. The third-order valence-corrected chi connectivity index (χ3v) is 14.9. The summed E-state index contributed by atoms with van der Waals surface area (Å²) in [5.41, 5.74) is 17.1. The lowest BCUT2D eigenvalue weighted by Crippen LogP contribution is -2.42. The average Bonchev–Trinajstić information content (AvgIpc) is 3.80. The van der Waals surface area contributed by atoms with Crippen molar-refractivity contribution in [3.05, 3.63) is 0 Å². The Labute approximate surface area is 587 Å². The van der Waals surface area contributed by atoms with Crippen LogP contribution in [0.25, 0.3) is 0 Å². The van der Waals surface area contributed by atoms with Crippen molar-refractivity contribution >= 4 is 59.1 Å². The smallest absolute Gasteiger partial charge is 0.303 e. The highest BCUT2D eigenvalue weighted by Crippen LogP contribution is 2.14. The maximum Gasteiger partial charge on any atom is 0.303 e. The molecule has 0 spiro atoms. The van der Waals surface area contributed by atoms with Gasteiger partial charge >= 0.3 is 5.97 Å². The SMILES string of the molecule is CC(CCCCNC(=O)CCCCCCCCCCCCCCCCC(=O)O)C(=O)NCCCCC(N)C(=O)NCCCCC(N)C(=O)NCCOCCOCC(=O)NCCOCCOCC(=O)NCCOCCOCC(=O)NCCOCCOCC(=O)NCCOCCOCC(N)=O. The van der Waals surface area contributed by atoms with E-state index in [1.807, 2.05) is 6.92 Å². The van der Waals surface area contributed by atoms with Crippen molar-refractivity contribution in [1.29, 1.82) is 0 Å². The van der Waals surface area contributed by atoms with Gasteiger partial charge in [0, 0.05) is 71.1 Å². The van der Waals surface area contributed by atoms with Crippen LogP contribution >= 0.6 is 0 Å². The summed E-state index contributed by atoms with van der Waals surface area (Å²) in [7, 11) is 0. The minimum Gasteiger partial charge on any atom is -0.481 e. The quantitative estimate of drug-likeness (QED) is 0.0373. The monoisotopic (exact) mass is 1420 g/mol. The van der Waals surface area contributed by atoms with Gasteiger partial charge in [0.1, 0.15) is 33.0 Å². The zero-order chi connectivity index (χ0) is 72.7. The van der Waals surface area contributed by atoms with E-state index in [1.54, 1.807) is 0 Å². The number of primary amides is 1. The van der Waals surface area contributed by atoms with Crippen LogP contribution in [0.1, 0.15) is 167 Å². The number of hydrogen-bond donors (Lipinski definition) is 12. The van der Waals surface area contributed by atoms with Crippen molar-refractivity contribution in [1.82, 2.24) is 42.5 Å². The predicted molar refractivity (Wildman–Crippen MR) is 370 cm³/mol. The van der Waals surface area contributed by atoms with Gasteiger partial charge < -0.3 is 112 Å². The van der Waals surface area contributed by atoms with E-state index in [0.717, 1.165) is 51.4 Å². The van der Waals surface area contributed by atoms with Gasteiger partial charge in [-0.15, -0.1) is 0 Å². The molecule has 32 nitrogen and oxygen atoms in total. The van der Waals surface area contributed by atoms with Crippen LogP contribution in [-0.2, 0) is 95.3 Å². The fraction of sp³-hybridized carbons (Fsp3) is 0.851. The van der Waals surface area contributed by atoms with Crippen LogP contribution in [0.5, 0.6) is 0 Å². The van der Waals surface area contributed by atoms with E-state index in [-0.39, 0.29) is 218 Å². The molecule has 32 heteroatoms. The third kappa shape index (κ3) is 69.1. The molecule has 0 aromatic heterocycles. The third-order valence-electron chi connectivity index (χ3n) is 14.9. The second kappa shape index (κ2) is 70.6. The van der Waals surface area contributed by atoms with Crippen LogP contribution in [0, 0.1) is 5.92 Å². The van der Waals surface area contributed by atoms with E-state index in [2.05, 4.69) is 42.5 Å². The largest absolute Gasteiger partial charge is 0.481 e. The maximum absolute atomic E-state index is 12.6. The van der Waals surface area contributed by atoms with Crippen molar-refractivity contribution in [3.8, 4) is 0 Å². The summed E-state index contributed by atoms with van der Waals surface area (Å²) in [5.74, 6) is -3.15. The summed E-state index contributed by atoms with van der Waals surface area (Å²) in [6.45, 7) is 7.22. The number of carbonyl (C=O) groups is 10. The van der Waals surface area contributed by atoms with E-state index < -0.39 is 24.0 Å². The minimum absolute atomic E-state index is 0.00276. The van der Waals surface area contributed by atoms with Crippen LogP contribution in [0.3, 0.4) is 0 Å². The maximum atomic E-state index is 12.6. The van der Waals surface area contributed by atoms with Gasteiger partial charge in [-0.05, 0) is 64.2 Å². The molecule has 0 saturated heterocycles. The Balaban J connectivity index is 3.59. The number of nitrogens with two attached hydrogens (primary N) is 3. The lowest BCUT2D eigenvalue weighted by Gasteiger charge is -2.14. The van der Waals surface area contributed by atoms with Gasteiger partial charge in [0.15, 0.2) is 0 Å². The van der Waals surface area contributed by atoms with Gasteiger partial charge in [0.05, 0.1) is 111 Å². The first-order valence-electron chi connectivity index (χ1n) is 36.0. The number of carboxylic acid groups (broad SMARTS) is 1. The summed E-state index contributed by atoms with van der Waals surface area (Å²) >= 11 is 0. The number of rotatable bonds is 75. The topological polar surface area (TPSA) is 458 Å². The van der Waals surface area contributed by atoms with Crippen LogP contribution < -0.4 is 59.7 Å². The Hall–Kier alpha value is -5.78. The predicted octanol–water partition coefficient (Wildman–Crippen LogP) is 0.695. The van der Waals surface area contributed by atoms with Crippen molar-refractivity contribution in [2.24, 2.45) is 23.1 Å². The fourth-order valence-electron chi connectivity index (χ4n) is 9.24. The average molecular weight is 1420 g/mol. The minimum atomic E-state index is -0.714. The number of unbranched alkanes of at least 4 members (excludes halogenated alkanes) is 16. The van der Waals surface area contributed by atoms with E-state index in [0.29, 0.717) is 71.1 Å². The molecule has 3 atom stereocenters. The van der Waals surface area contributed by atoms with Gasteiger partial charge in [-0.25, -0.2) is 0 Å². The van der Waals surface area contributed by atoms with Crippen molar-refractivity contribution in [2.75, 3.05) is 184 Å². The number of nitrogens with one attached hydrogen (secondary N) is 8. The number of ether oxygens (including phenoxy) is 10. The van der Waals surface area contributed by atoms with Crippen molar-refractivity contribution in [2.45, 2.75) is 180 Å². The zero-order valence-electron chi connectivity index (χ0n) is 59.6. The van der Waals surface area contributed by atoms with Crippen LogP contribution in [0.15, 0.2) is 0 Å². The molecule has 99 heavy (non-hydrogen) atoms. The van der Waals surface area contributed by atoms with E-state index in [9.17, 15) is 47.9 Å². The van der Waals surface area contributed by atoms with Gasteiger partial charge in [-0.1, -0.05) is 90.4 Å². The van der Waals surface area contributed by atoms with Crippen LogP contribution in [0.4, 0.5) is 0 Å². The Bertz CT molecular complexity index is 2080. The molecule has 0 saturated carbocycles. The number of amides is 9. The molecule has 0 bridgehead atoms. The number of hydrogen-bond acceptors (Lipinski definition) is 22. The molecule has 0 aromatic carbocycles. The molecule has 0 aromatic rings. The first kappa shape index (κ1) is 93.2. The molecule has 9 amide bonds. The zero-order valence-corrected chi connectivity index (χ0v) is 59.6. The summed E-state index contributed by atoms with van der Waals surface area (Å²) in [6, 6.07) is -1.38. The number of aliphatic carboxylic acids is 1. The molecule has 576 valence electrons. The Morgan fingerprint density at radius 1 is 0.283 bits per heavy atom. The van der Waals surface area contributed by atoms with Crippen molar-refractivity contribution in [3.63, 3.8) is 0 Å². The van der Waals surface area contributed by atoms with Crippen LogP contribution in [0.2, 0.25) is 0 Å². The van der Waals surface area contributed by atoms with E-state index in [4.69, 9.17) is 69.7 Å². The molecular weight excluding hydrogens is 1290 g/mol. The highest BCUT2D eigenvalue weighted by Gasteiger charge is 2.17. The molecule has 0 fully saturated rings. The van der Waals surface area contributed by atoms with E-state index in [1.165, 1.54) is 57.8 Å². The summed E-state index contributed by atoms with van der Waals surface area (Å²) in [6.07, 6.45) is 22.9. The highest BCUT2D eigenvalue weighted by molar-refractivity contribution is 5.82. The lowest BCUT2D eigenvalue weighted by atomic mass is 10.0.